The molecule has 0 aromatic heterocycles. The fourth-order valence-electron chi connectivity index (χ4n) is 3.60. The first kappa shape index (κ1) is 19.5. The van der Waals surface area contributed by atoms with Crippen molar-refractivity contribution in [3.63, 3.8) is 0 Å². The van der Waals surface area contributed by atoms with Crippen LogP contribution in [0.15, 0.2) is 4.99 Å². The van der Waals surface area contributed by atoms with E-state index in [1.54, 1.807) is 0 Å². The standard InChI is InChI=1S/C18H37N5O/c1-14(2)22-11-15(3)16(12-22)21-17(19-6)20-7-8-23-9-10-24-13-18(23,4)5/h14-16H,7-13H2,1-6H3,(H2,19,20,21). The number of morpholine rings is 1. The Morgan fingerprint density at radius 2 is 2.08 bits per heavy atom. The van der Waals surface area contributed by atoms with Crippen LogP contribution in [-0.2, 0) is 4.74 Å². The molecule has 2 unspecified atom stereocenters. The molecule has 0 aliphatic carbocycles. The number of likely N-dealkylation sites (tertiary alicyclic amines) is 1. The summed E-state index contributed by atoms with van der Waals surface area (Å²) in [6.07, 6.45) is 0. The normalized spacial score (nSPS) is 29.2. The lowest BCUT2D eigenvalue weighted by molar-refractivity contribution is -0.0496. The van der Waals surface area contributed by atoms with E-state index in [1.165, 1.54) is 0 Å². The van der Waals surface area contributed by atoms with Crippen LogP contribution in [0.5, 0.6) is 0 Å². The van der Waals surface area contributed by atoms with Crippen molar-refractivity contribution in [2.24, 2.45) is 10.9 Å². The van der Waals surface area contributed by atoms with Crippen LogP contribution < -0.4 is 10.6 Å². The van der Waals surface area contributed by atoms with Crippen LogP contribution in [0, 0.1) is 5.92 Å². The summed E-state index contributed by atoms with van der Waals surface area (Å²) >= 11 is 0. The van der Waals surface area contributed by atoms with Crippen LogP contribution >= 0.6 is 0 Å². The number of rotatable bonds is 5. The smallest absolute Gasteiger partial charge is 0.191 e. The van der Waals surface area contributed by atoms with Crippen LogP contribution in [0.3, 0.4) is 0 Å². The predicted octanol–water partition coefficient (Wildman–Crippen LogP) is 0.991. The highest BCUT2D eigenvalue weighted by Crippen LogP contribution is 2.19. The van der Waals surface area contributed by atoms with E-state index < -0.39 is 0 Å². The number of nitrogens with zero attached hydrogens (tertiary/aromatic N) is 3. The molecule has 140 valence electrons. The Morgan fingerprint density at radius 1 is 1.33 bits per heavy atom. The zero-order valence-corrected chi connectivity index (χ0v) is 16.4. The maximum atomic E-state index is 5.59. The van der Waals surface area contributed by atoms with Gasteiger partial charge >= 0.3 is 0 Å². The van der Waals surface area contributed by atoms with Gasteiger partial charge in [-0.1, -0.05) is 6.92 Å². The number of guanidine groups is 1. The average Bonchev–Trinajstić information content (AvgIpc) is 2.89. The molecule has 0 amide bonds. The molecule has 0 bridgehead atoms. The second-order valence-electron chi connectivity index (χ2n) is 8.13. The Bertz CT molecular complexity index is 424. The summed E-state index contributed by atoms with van der Waals surface area (Å²) in [5, 5.41) is 7.10. The van der Waals surface area contributed by atoms with Crippen molar-refractivity contribution in [2.45, 2.75) is 52.2 Å². The van der Waals surface area contributed by atoms with Gasteiger partial charge in [0.1, 0.15) is 0 Å². The predicted molar refractivity (Wildman–Crippen MR) is 101 cm³/mol. The van der Waals surface area contributed by atoms with Crippen LogP contribution in [-0.4, -0.2) is 86.4 Å². The van der Waals surface area contributed by atoms with Crippen molar-refractivity contribution in [3.8, 4) is 0 Å². The fourth-order valence-corrected chi connectivity index (χ4v) is 3.60. The summed E-state index contributed by atoms with van der Waals surface area (Å²) in [7, 11) is 1.85. The van der Waals surface area contributed by atoms with Gasteiger partial charge < -0.3 is 15.4 Å². The van der Waals surface area contributed by atoms with Crippen molar-refractivity contribution >= 4 is 5.96 Å². The van der Waals surface area contributed by atoms with Gasteiger partial charge in [0.25, 0.3) is 0 Å². The van der Waals surface area contributed by atoms with E-state index in [0.29, 0.717) is 18.0 Å². The molecule has 0 aromatic rings. The molecule has 2 aliphatic rings. The first-order valence-corrected chi connectivity index (χ1v) is 9.37. The van der Waals surface area contributed by atoms with Crippen LogP contribution in [0.25, 0.3) is 0 Å². The van der Waals surface area contributed by atoms with Crippen molar-refractivity contribution in [2.75, 3.05) is 53.0 Å². The summed E-state index contributed by atoms with van der Waals surface area (Å²) in [6, 6.07) is 1.08. The van der Waals surface area contributed by atoms with Crippen LogP contribution in [0.4, 0.5) is 0 Å². The van der Waals surface area contributed by atoms with Gasteiger partial charge in [0.15, 0.2) is 5.96 Å². The summed E-state index contributed by atoms with van der Waals surface area (Å²) in [5.74, 6) is 1.56. The molecule has 2 aliphatic heterocycles. The number of aliphatic imine (C=N–C) groups is 1. The third kappa shape index (κ3) is 5.07. The topological polar surface area (TPSA) is 52.1 Å². The number of nitrogens with one attached hydrogen (secondary N) is 2. The highest BCUT2D eigenvalue weighted by molar-refractivity contribution is 5.80. The zero-order chi connectivity index (χ0) is 17.7. The lowest BCUT2D eigenvalue weighted by Gasteiger charge is -2.42. The molecule has 2 saturated heterocycles. The minimum Gasteiger partial charge on any atom is -0.378 e. The van der Waals surface area contributed by atoms with Gasteiger partial charge in [-0.15, -0.1) is 0 Å². The van der Waals surface area contributed by atoms with Crippen molar-refractivity contribution < 1.29 is 4.74 Å². The Hall–Kier alpha value is -0.850. The number of ether oxygens (including phenoxy) is 1. The van der Waals surface area contributed by atoms with Gasteiger partial charge in [0.2, 0.25) is 0 Å². The van der Waals surface area contributed by atoms with Crippen molar-refractivity contribution in [1.29, 1.82) is 0 Å². The van der Waals surface area contributed by atoms with Crippen LogP contribution in [0.1, 0.15) is 34.6 Å². The lowest BCUT2D eigenvalue weighted by atomic mass is 10.0. The minimum atomic E-state index is 0.120. The second-order valence-corrected chi connectivity index (χ2v) is 8.13. The molecule has 0 saturated carbocycles. The third-order valence-electron chi connectivity index (χ3n) is 5.41. The SMILES string of the molecule is CN=C(NCCN1CCOCC1(C)C)NC1CN(C(C)C)CC1C. The minimum absolute atomic E-state index is 0.120. The molecule has 6 nitrogen and oxygen atoms in total. The van der Waals surface area contributed by atoms with Gasteiger partial charge in [-0.2, -0.15) is 0 Å². The largest absolute Gasteiger partial charge is 0.378 e. The Morgan fingerprint density at radius 3 is 2.67 bits per heavy atom. The Kier molecular flexibility index (Phi) is 6.89. The van der Waals surface area contributed by atoms with E-state index >= 15 is 0 Å². The molecule has 24 heavy (non-hydrogen) atoms. The van der Waals surface area contributed by atoms with Crippen molar-refractivity contribution in [1.82, 2.24) is 20.4 Å². The van der Waals surface area contributed by atoms with E-state index in [9.17, 15) is 0 Å². The summed E-state index contributed by atoms with van der Waals surface area (Å²) in [5.41, 5.74) is 0.120. The number of hydrogen-bond donors (Lipinski definition) is 2. The van der Waals surface area contributed by atoms with Crippen molar-refractivity contribution in [3.05, 3.63) is 0 Å². The molecule has 2 fully saturated rings. The molecule has 2 rings (SSSR count). The first-order valence-electron chi connectivity index (χ1n) is 9.37. The molecule has 0 spiro atoms. The van der Waals surface area contributed by atoms with Gasteiger partial charge in [0, 0.05) is 57.4 Å². The van der Waals surface area contributed by atoms with Crippen LogP contribution in [0.2, 0.25) is 0 Å². The van der Waals surface area contributed by atoms with Gasteiger partial charge in [-0.25, -0.2) is 0 Å². The molecule has 6 heteroatoms. The van der Waals surface area contributed by atoms with Gasteiger partial charge in [-0.05, 0) is 33.6 Å². The Labute approximate surface area is 148 Å². The quantitative estimate of drug-likeness (QED) is 0.578. The molecular formula is C18H37N5O. The lowest BCUT2D eigenvalue weighted by Crippen LogP contribution is -2.55. The highest BCUT2D eigenvalue weighted by Gasteiger charge is 2.32. The van der Waals surface area contributed by atoms with Gasteiger partial charge in [0.05, 0.1) is 13.2 Å². The second kappa shape index (κ2) is 8.50. The first-order chi connectivity index (χ1) is 11.3. The van der Waals surface area contributed by atoms with E-state index in [1.807, 2.05) is 7.05 Å². The molecule has 2 N–H and O–H groups in total. The van der Waals surface area contributed by atoms with E-state index in [2.05, 4.69) is 60.0 Å². The molecular weight excluding hydrogens is 302 g/mol. The molecule has 2 heterocycles. The van der Waals surface area contributed by atoms with E-state index in [0.717, 1.165) is 51.9 Å². The Balaban J connectivity index is 1.77. The molecule has 0 aromatic carbocycles. The van der Waals surface area contributed by atoms with E-state index in [4.69, 9.17) is 4.74 Å². The highest BCUT2D eigenvalue weighted by atomic mass is 16.5. The molecule has 2 atom stereocenters. The monoisotopic (exact) mass is 339 g/mol. The molecule has 0 radical (unpaired) electrons. The zero-order valence-electron chi connectivity index (χ0n) is 16.4. The van der Waals surface area contributed by atoms with Gasteiger partial charge in [-0.3, -0.25) is 14.8 Å². The summed E-state index contributed by atoms with van der Waals surface area (Å²) in [6.45, 7) is 18.2. The summed E-state index contributed by atoms with van der Waals surface area (Å²) < 4.78 is 5.59. The summed E-state index contributed by atoms with van der Waals surface area (Å²) in [4.78, 5) is 9.44. The maximum Gasteiger partial charge on any atom is 0.191 e. The maximum absolute atomic E-state index is 5.59. The fraction of sp³-hybridized carbons (Fsp3) is 0.944. The van der Waals surface area contributed by atoms with E-state index in [-0.39, 0.29) is 5.54 Å². The average molecular weight is 340 g/mol. The third-order valence-corrected chi connectivity index (χ3v) is 5.41. The number of hydrogen-bond acceptors (Lipinski definition) is 4.